The molecule has 0 aromatic carbocycles. The van der Waals surface area contributed by atoms with Crippen molar-refractivity contribution in [2.24, 2.45) is 5.92 Å². The second-order valence-corrected chi connectivity index (χ2v) is 24.8. The maximum absolute atomic E-state index is 11.9. The summed E-state index contributed by atoms with van der Waals surface area (Å²) < 4.78 is 26.6. The molecule has 11 heteroatoms. The minimum atomic E-state index is -1.19. The number of aldehydes is 1. The Labute approximate surface area is 229 Å². The zero-order valence-corrected chi connectivity index (χ0v) is 26.4. The van der Waals surface area contributed by atoms with Crippen molar-refractivity contribution < 1.29 is 23.7 Å². The summed E-state index contributed by atoms with van der Waals surface area (Å²) in [4.78, 5) is 18.6. The summed E-state index contributed by atoms with van der Waals surface area (Å²) in [6.45, 7) is 20.2. The van der Waals surface area contributed by atoms with Crippen LogP contribution in [0.3, 0.4) is 0 Å². The largest absolute Gasteiger partial charge is 0.361 e. The first-order valence-electron chi connectivity index (χ1n) is 13.8. The number of hydrogen-bond donors (Lipinski definition) is 0. The number of rotatable bonds is 13. The molecule has 2 fully saturated rings. The Morgan fingerprint density at radius 1 is 1.03 bits per heavy atom. The number of fused-ring (bicyclic) bond motifs is 2. The summed E-state index contributed by atoms with van der Waals surface area (Å²) in [5, 5.41) is 4.61. The quantitative estimate of drug-likeness (QED) is 0.146. The lowest BCUT2D eigenvalue weighted by molar-refractivity contribution is -0.158. The van der Waals surface area contributed by atoms with Crippen molar-refractivity contribution in [3.63, 3.8) is 0 Å². The normalized spacial score (nSPS) is 25.2. The molecule has 1 aliphatic heterocycles. The molecule has 0 unspecified atom stereocenters. The van der Waals surface area contributed by atoms with Gasteiger partial charge in [-0.15, -0.1) is 0 Å². The first-order chi connectivity index (χ1) is 17.8. The van der Waals surface area contributed by atoms with Crippen LogP contribution in [0.2, 0.25) is 51.4 Å². The van der Waals surface area contributed by atoms with Gasteiger partial charge in [0.1, 0.15) is 31.6 Å². The molecule has 9 nitrogen and oxygen atoms in total. The smallest absolute Gasteiger partial charge is 0.163 e. The van der Waals surface area contributed by atoms with Gasteiger partial charge in [-0.2, -0.15) is 5.10 Å². The van der Waals surface area contributed by atoms with Crippen LogP contribution in [0.15, 0.2) is 18.5 Å². The third-order valence-corrected chi connectivity index (χ3v) is 10.7. The van der Waals surface area contributed by atoms with Gasteiger partial charge in [0, 0.05) is 46.9 Å². The number of aromatic nitrogens is 3. The second kappa shape index (κ2) is 11.5. The summed E-state index contributed by atoms with van der Waals surface area (Å²) in [5.74, 6) is -0.135. The number of anilines is 1. The van der Waals surface area contributed by atoms with Crippen LogP contribution < -0.4 is 4.90 Å². The predicted molar refractivity (Wildman–Crippen MR) is 154 cm³/mol. The van der Waals surface area contributed by atoms with E-state index in [-0.39, 0.29) is 24.0 Å². The van der Waals surface area contributed by atoms with Gasteiger partial charge in [-0.3, -0.25) is 0 Å². The molecule has 0 N–H and O–H groups in total. The summed E-state index contributed by atoms with van der Waals surface area (Å²) in [6, 6.07) is 6.33. The Kier molecular flexibility index (Phi) is 8.85. The Morgan fingerprint density at radius 3 is 2.21 bits per heavy atom. The van der Waals surface area contributed by atoms with Gasteiger partial charge in [-0.25, -0.2) is 9.50 Å². The molecule has 0 spiro atoms. The topological polar surface area (TPSA) is 87.4 Å². The Bertz CT molecular complexity index is 1080. The second-order valence-electron chi connectivity index (χ2n) is 13.6. The molecule has 212 valence electrons. The van der Waals surface area contributed by atoms with Gasteiger partial charge >= 0.3 is 0 Å². The Hall–Kier alpha value is -1.64. The van der Waals surface area contributed by atoms with Crippen molar-refractivity contribution in [3.8, 4) is 0 Å². The van der Waals surface area contributed by atoms with Crippen LogP contribution in [-0.2, 0) is 23.7 Å². The standard InChI is InChI=1S/C27H46N4O5Si2/c1-27(2)35-24-20(16-32)15-21(25(24)36-27)22-9-10-23-26(28-17-29-31(22)23)30(18-33-11-13-37(3,4)5)19-34-12-14-38(6,7)8/h9-10,16-17,20-21,24-25H,11-15,18-19H2,1-8H3/t20-,21-,24+,25-/m0/s1. The highest BCUT2D eigenvalue weighted by Gasteiger charge is 2.55. The van der Waals surface area contributed by atoms with Crippen molar-refractivity contribution in [1.82, 2.24) is 14.6 Å². The molecule has 0 bridgehead atoms. The van der Waals surface area contributed by atoms with Gasteiger partial charge in [0.15, 0.2) is 11.6 Å². The monoisotopic (exact) mass is 562 g/mol. The van der Waals surface area contributed by atoms with E-state index in [0.29, 0.717) is 19.9 Å². The molecular formula is C27H46N4O5Si2. The van der Waals surface area contributed by atoms with Crippen molar-refractivity contribution in [3.05, 3.63) is 24.2 Å². The van der Waals surface area contributed by atoms with Gasteiger partial charge in [0.2, 0.25) is 0 Å². The number of carbonyl (C=O) groups excluding carboxylic acids is 1. The first-order valence-corrected chi connectivity index (χ1v) is 21.2. The van der Waals surface area contributed by atoms with E-state index in [0.717, 1.165) is 48.6 Å². The van der Waals surface area contributed by atoms with Gasteiger partial charge < -0.3 is 28.6 Å². The summed E-state index contributed by atoms with van der Waals surface area (Å²) in [7, 11) is -2.39. The average molecular weight is 563 g/mol. The molecular weight excluding hydrogens is 516 g/mol. The molecule has 0 radical (unpaired) electrons. The van der Waals surface area contributed by atoms with E-state index in [9.17, 15) is 4.79 Å². The fraction of sp³-hybridized carbons (Fsp3) is 0.741. The highest BCUT2D eigenvalue weighted by Crippen LogP contribution is 2.48. The molecule has 4 rings (SSSR count). The Balaban J connectivity index is 1.57. The molecule has 2 aliphatic rings. The minimum absolute atomic E-state index is 0.00309. The third kappa shape index (κ3) is 7.11. The van der Waals surface area contributed by atoms with Gasteiger partial charge in [-0.05, 0) is 44.5 Å². The molecule has 3 heterocycles. The molecule has 4 atom stereocenters. The van der Waals surface area contributed by atoms with E-state index < -0.39 is 21.9 Å². The summed E-state index contributed by atoms with van der Waals surface area (Å²) in [5.41, 5.74) is 1.89. The number of ether oxygens (including phenoxy) is 4. The minimum Gasteiger partial charge on any atom is -0.361 e. The van der Waals surface area contributed by atoms with Crippen LogP contribution in [0.1, 0.15) is 31.9 Å². The zero-order chi connectivity index (χ0) is 27.7. The summed E-state index contributed by atoms with van der Waals surface area (Å²) >= 11 is 0. The maximum Gasteiger partial charge on any atom is 0.163 e. The SMILES string of the molecule is CC1(C)O[C@@H]2[C@H](O1)[C@H](C=O)C[C@H]2c1ccc2c(N(COCC[Si](C)(C)C)COCC[Si](C)(C)C)ncnn12. The van der Waals surface area contributed by atoms with E-state index in [1.807, 2.05) is 24.4 Å². The van der Waals surface area contributed by atoms with Crippen LogP contribution in [-0.4, -0.2) is 81.7 Å². The van der Waals surface area contributed by atoms with E-state index in [1.165, 1.54) is 0 Å². The van der Waals surface area contributed by atoms with E-state index in [1.54, 1.807) is 6.33 Å². The molecule has 38 heavy (non-hydrogen) atoms. The molecule has 1 saturated heterocycles. The van der Waals surface area contributed by atoms with Crippen molar-refractivity contribution in [2.75, 3.05) is 31.6 Å². The predicted octanol–water partition coefficient (Wildman–Crippen LogP) is 4.98. The highest BCUT2D eigenvalue weighted by molar-refractivity contribution is 6.76. The van der Waals surface area contributed by atoms with E-state index in [2.05, 4.69) is 60.3 Å². The highest BCUT2D eigenvalue weighted by atomic mass is 28.3. The number of carbonyl (C=O) groups is 1. The van der Waals surface area contributed by atoms with Gasteiger partial charge in [-0.1, -0.05) is 39.3 Å². The zero-order valence-electron chi connectivity index (χ0n) is 24.4. The Morgan fingerprint density at radius 2 is 1.63 bits per heavy atom. The van der Waals surface area contributed by atoms with Gasteiger partial charge in [0.05, 0.1) is 12.2 Å². The van der Waals surface area contributed by atoms with Crippen molar-refractivity contribution in [1.29, 1.82) is 0 Å². The number of hydrogen-bond acceptors (Lipinski definition) is 8. The lowest BCUT2D eigenvalue weighted by Gasteiger charge is -2.26. The molecule has 1 aliphatic carbocycles. The van der Waals surface area contributed by atoms with E-state index in [4.69, 9.17) is 18.9 Å². The summed E-state index contributed by atoms with van der Waals surface area (Å²) in [6.07, 6.45) is 2.83. The average Bonchev–Trinajstić information content (AvgIpc) is 3.46. The van der Waals surface area contributed by atoms with E-state index >= 15 is 0 Å². The van der Waals surface area contributed by atoms with Crippen LogP contribution in [0.5, 0.6) is 0 Å². The first kappa shape index (κ1) is 29.3. The lowest BCUT2D eigenvalue weighted by Crippen LogP contribution is -2.33. The van der Waals surface area contributed by atoms with Crippen LogP contribution in [0.25, 0.3) is 5.52 Å². The molecule has 0 amide bonds. The molecule has 2 aromatic heterocycles. The third-order valence-electron chi connectivity index (χ3n) is 7.31. The van der Waals surface area contributed by atoms with Crippen LogP contribution in [0.4, 0.5) is 5.82 Å². The number of nitrogens with zero attached hydrogens (tertiary/aromatic N) is 4. The molecule has 1 saturated carbocycles. The lowest BCUT2D eigenvalue weighted by atomic mass is 10.0. The van der Waals surface area contributed by atoms with Crippen LogP contribution in [0, 0.1) is 5.92 Å². The van der Waals surface area contributed by atoms with Crippen LogP contribution >= 0.6 is 0 Å². The molecule has 2 aromatic rings. The van der Waals surface area contributed by atoms with Crippen molar-refractivity contribution in [2.45, 2.75) is 95.6 Å². The maximum atomic E-state index is 11.9. The fourth-order valence-electron chi connectivity index (χ4n) is 5.17. The fourth-order valence-corrected chi connectivity index (χ4v) is 6.69. The van der Waals surface area contributed by atoms with Gasteiger partial charge in [0.25, 0.3) is 0 Å². The van der Waals surface area contributed by atoms with Crippen molar-refractivity contribution >= 4 is 33.8 Å².